The molecule has 0 saturated carbocycles. The van der Waals surface area contributed by atoms with Crippen molar-refractivity contribution in [1.29, 1.82) is 0 Å². The summed E-state index contributed by atoms with van der Waals surface area (Å²) in [5.74, 6) is 1.34. The van der Waals surface area contributed by atoms with Crippen LogP contribution in [-0.2, 0) is 4.79 Å². The van der Waals surface area contributed by atoms with E-state index in [1.54, 1.807) is 30.5 Å². The van der Waals surface area contributed by atoms with Crippen molar-refractivity contribution in [1.82, 2.24) is 14.9 Å². The van der Waals surface area contributed by atoms with E-state index in [1.165, 1.54) is 0 Å². The van der Waals surface area contributed by atoms with Gasteiger partial charge in [-0.25, -0.2) is 4.98 Å². The fraction of sp³-hybridized carbons (Fsp3) is 0.389. The highest BCUT2D eigenvalue weighted by Crippen LogP contribution is 2.22. The van der Waals surface area contributed by atoms with E-state index in [1.807, 2.05) is 11.9 Å². The summed E-state index contributed by atoms with van der Waals surface area (Å²) in [6, 6.07) is 7.06. The molecule has 1 unspecified atom stereocenters. The molecule has 1 aliphatic rings. The molecule has 0 radical (unpaired) electrons. The number of anilines is 3. The second-order valence-electron chi connectivity index (χ2n) is 6.35. The van der Waals surface area contributed by atoms with Crippen molar-refractivity contribution in [3.63, 3.8) is 0 Å². The van der Waals surface area contributed by atoms with Crippen molar-refractivity contribution in [3.05, 3.63) is 40.5 Å². The van der Waals surface area contributed by atoms with E-state index < -0.39 is 0 Å². The molecule has 7 nitrogen and oxygen atoms in total. The second-order valence-corrected chi connectivity index (χ2v) is 7.22. The summed E-state index contributed by atoms with van der Waals surface area (Å²) in [6.07, 6.45) is 3.60. The number of carbonyl (C=O) groups is 1. The number of nitrogens with zero attached hydrogens (tertiary/aromatic N) is 3. The predicted molar refractivity (Wildman–Crippen MR) is 110 cm³/mol. The van der Waals surface area contributed by atoms with Gasteiger partial charge in [0.05, 0.1) is 6.54 Å². The van der Waals surface area contributed by atoms with E-state index in [2.05, 4.69) is 25.9 Å². The lowest BCUT2D eigenvalue weighted by atomic mass is 10.1. The smallest absolute Gasteiger partial charge is 0.241 e. The minimum Gasteiger partial charge on any atom is -0.376 e. The van der Waals surface area contributed by atoms with Gasteiger partial charge in [-0.1, -0.05) is 23.2 Å². The fourth-order valence-electron chi connectivity index (χ4n) is 3.02. The van der Waals surface area contributed by atoms with Crippen LogP contribution in [0.15, 0.2) is 30.5 Å². The Morgan fingerprint density at radius 2 is 2.07 bits per heavy atom. The van der Waals surface area contributed by atoms with Gasteiger partial charge < -0.3 is 20.9 Å². The molecular weight excluding hydrogens is 387 g/mol. The topological polar surface area (TPSA) is 82.2 Å². The highest BCUT2D eigenvalue weighted by Gasteiger charge is 2.24. The standard InChI is InChI=1S/C18H22Cl2N6O/c1-21-16-4-5-22-18(25-16)24-14-3-2-6-26(11-14)17(27)10-23-15-8-12(19)7-13(20)9-15/h4-5,7-9,14,23H,2-3,6,10-11H2,1H3,(H2,21,22,24,25). The molecule has 144 valence electrons. The Hall–Kier alpha value is -2.25. The summed E-state index contributed by atoms with van der Waals surface area (Å²) < 4.78 is 0. The summed E-state index contributed by atoms with van der Waals surface area (Å²) in [4.78, 5) is 23.0. The maximum absolute atomic E-state index is 12.6. The summed E-state index contributed by atoms with van der Waals surface area (Å²) >= 11 is 12.0. The zero-order chi connectivity index (χ0) is 19.2. The van der Waals surface area contributed by atoms with E-state index >= 15 is 0 Å². The van der Waals surface area contributed by atoms with Crippen LogP contribution in [0, 0.1) is 0 Å². The number of halogens is 2. The molecule has 1 aromatic carbocycles. The van der Waals surface area contributed by atoms with Crippen LogP contribution >= 0.6 is 23.2 Å². The molecule has 2 heterocycles. The highest BCUT2D eigenvalue weighted by molar-refractivity contribution is 6.35. The van der Waals surface area contributed by atoms with Gasteiger partial charge >= 0.3 is 0 Å². The Kier molecular flexibility index (Phi) is 6.58. The van der Waals surface area contributed by atoms with Crippen LogP contribution in [0.3, 0.4) is 0 Å². The molecule has 0 bridgehead atoms. The molecule has 0 spiro atoms. The first kappa shape index (κ1) is 19.5. The largest absolute Gasteiger partial charge is 0.376 e. The van der Waals surface area contributed by atoms with Gasteiger partial charge in [0, 0.05) is 48.1 Å². The van der Waals surface area contributed by atoms with Gasteiger partial charge in [-0.3, -0.25) is 4.79 Å². The molecule has 1 aliphatic heterocycles. The third-order valence-corrected chi connectivity index (χ3v) is 4.76. The Bertz CT molecular complexity index is 783. The molecule has 9 heteroatoms. The SMILES string of the molecule is CNc1ccnc(NC2CCCN(C(=O)CNc3cc(Cl)cc(Cl)c3)C2)n1. The predicted octanol–water partition coefficient (Wildman–Crippen LogP) is 3.34. The number of piperidine rings is 1. The lowest BCUT2D eigenvalue weighted by Gasteiger charge is -2.33. The van der Waals surface area contributed by atoms with Gasteiger partial charge in [-0.05, 0) is 37.1 Å². The monoisotopic (exact) mass is 408 g/mol. The van der Waals surface area contributed by atoms with Crippen LogP contribution in [0.2, 0.25) is 10.0 Å². The molecule has 3 rings (SSSR count). The van der Waals surface area contributed by atoms with Crippen LogP contribution in [0.4, 0.5) is 17.5 Å². The molecule has 1 fully saturated rings. The molecule has 1 saturated heterocycles. The summed E-state index contributed by atoms with van der Waals surface area (Å²) in [5.41, 5.74) is 0.727. The summed E-state index contributed by atoms with van der Waals surface area (Å²) in [5, 5.41) is 10.5. The fourth-order valence-corrected chi connectivity index (χ4v) is 3.54. The van der Waals surface area contributed by atoms with Gasteiger partial charge in [0.2, 0.25) is 11.9 Å². The third-order valence-electron chi connectivity index (χ3n) is 4.33. The van der Waals surface area contributed by atoms with E-state index in [9.17, 15) is 4.79 Å². The number of benzene rings is 1. The van der Waals surface area contributed by atoms with Gasteiger partial charge in [0.25, 0.3) is 0 Å². The third kappa shape index (κ3) is 5.61. The first-order chi connectivity index (χ1) is 13.0. The van der Waals surface area contributed by atoms with Gasteiger partial charge in [0.1, 0.15) is 5.82 Å². The summed E-state index contributed by atoms with van der Waals surface area (Å²) in [7, 11) is 1.81. The van der Waals surface area contributed by atoms with Gasteiger partial charge in [-0.2, -0.15) is 4.98 Å². The molecule has 27 heavy (non-hydrogen) atoms. The lowest BCUT2D eigenvalue weighted by molar-refractivity contribution is -0.130. The number of carbonyl (C=O) groups excluding carboxylic acids is 1. The molecule has 0 aliphatic carbocycles. The molecule has 1 atom stereocenters. The average Bonchev–Trinajstić information content (AvgIpc) is 2.66. The Morgan fingerprint density at radius 3 is 2.81 bits per heavy atom. The zero-order valence-electron chi connectivity index (χ0n) is 15.0. The Morgan fingerprint density at radius 1 is 1.30 bits per heavy atom. The molecule has 3 N–H and O–H groups in total. The van der Waals surface area contributed by atoms with Gasteiger partial charge in [-0.15, -0.1) is 0 Å². The van der Waals surface area contributed by atoms with E-state index in [-0.39, 0.29) is 18.5 Å². The number of likely N-dealkylation sites (tertiary alicyclic amines) is 1. The van der Waals surface area contributed by atoms with Crippen molar-refractivity contribution in [2.24, 2.45) is 0 Å². The maximum atomic E-state index is 12.6. The normalized spacial score (nSPS) is 16.7. The minimum absolute atomic E-state index is 0.0301. The number of hydrogen-bond acceptors (Lipinski definition) is 6. The highest BCUT2D eigenvalue weighted by atomic mass is 35.5. The van der Waals surface area contributed by atoms with Gasteiger partial charge in [0.15, 0.2) is 0 Å². The van der Waals surface area contributed by atoms with Crippen LogP contribution in [-0.4, -0.2) is 53.5 Å². The van der Waals surface area contributed by atoms with Crippen molar-refractivity contribution < 1.29 is 4.79 Å². The first-order valence-electron chi connectivity index (χ1n) is 8.78. The maximum Gasteiger partial charge on any atom is 0.241 e. The number of amides is 1. The summed E-state index contributed by atoms with van der Waals surface area (Å²) in [6.45, 7) is 1.55. The van der Waals surface area contributed by atoms with Crippen molar-refractivity contribution in [3.8, 4) is 0 Å². The number of aromatic nitrogens is 2. The number of nitrogens with one attached hydrogen (secondary N) is 3. The number of rotatable bonds is 6. The molecule has 1 aromatic heterocycles. The van der Waals surface area contributed by atoms with Crippen molar-refractivity contribution >= 4 is 46.6 Å². The van der Waals surface area contributed by atoms with Crippen LogP contribution in [0.5, 0.6) is 0 Å². The lowest BCUT2D eigenvalue weighted by Crippen LogP contribution is -2.47. The quantitative estimate of drug-likeness (QED) is 0.679. The molecule has 2 aromatic rings. The minimum atomic E-state index is 0.0301. The van der Waals surface area contributed by atoms with Crippen LogP contribution in [0.25, 0.3) is 0 Å². The Balaban J connectivity index is 1.54. The van der Waals surface area contributed by atoms with Crippen LogP contribution in [0.1, 0.15) is 12.8 Å². The second kappa shape index (κ2) is 9.10. The average molecular weight is 409 g/mol. The Labute approximate surface area is 168 Å². The van der Waals surface area contributed by atoms with E-state index in [0.717, 1.165) is 30.9 Å². The first-order valence-corrected chi connectivity index (χ1v) is 9.54. The molecular formula is C18H22Cl2N6O. The van der Waals surface area contributed by atoms with E-state index in [4.69, 9.17) is 23.2 Å². The van der Waals surface area contributed by atoms with Crippen molar-refractivity contribution in [2.75, 3.05) is 42.6 Å². The zero-order valence-corrected chi connectivity index (χ0v) is 16.5. The number of hydrogen-bond donors (Lipinski definition) is 3. The van der Waals surface area contributed by atoms with Crippen molar-refractivity contribution in [2.45, 2.75) is 18.9 Å². The van der Waals surface area contributed by atoms with E-state index in [0.29, 0.717) is 22.5 Å². The van der Waals surface area contributed by atoms with Crippen LogP contribution < -0.4 is 16.0 Å². The molecule has 1 amide bonds.